The Labute approximate surface area is 156 Å². The van der Waals surface area contributed by atoms with Crippen LogP contribution in [-0.2, 0) is 9.53 Å². The minimum Gasteiger partial charge on any atom is -0.480 e. The lowest BCUT2D eigenvalue weighted by molar-refractivity contribution is -0.146. The maximum Gasteiger partial charge on any atom is 0.387 e. The van der Waals surface area contributed by atoms with Crippen molar-refractivity contribution in [3.05, 3.63) is 53.8 Å². The first kappa shape index (κ1) is 20.4. The number of para-hydroxylation sites is 1. The van der Waals surface area contributed by atoms with Crippen LogP contribution in [-0.4, -0.2) is 23.3 Å². The van der Waals surface area contributed by atoms with Crippen molar-refractivity contribution in [2.75, 3.05) is 0 Å². The predicted octanol–water partition coefficient (Wildman–Crippen LogP) is 4.53. The Balaban J connectivity index is 2.52. The summed E-state index contributed by atoms with van der Waals surface area (Å²) in [4.78, 5) is 11.9. The summed E-state index contributed by atoms with van der Waals surface area (Å²) < 4.78 is 36.3. The highest BCUT2D eigenvalue weighted by Crippen LogP contribution is 2.45. The standard InChI is InChI=1S/C20H21F2NO4/c1-13(2)20(12-23,17(24)25)14-9-10-16(26-18(21)22)19(3,11-14)27-15-7-5-4-6-8-15/h4-10,13,18H,11H2,1-3H3,(H,24,25). The van der Waals surface area contributed by atoms with E-state index in [4.69, 9.17) is 4.74 Å². The van der Waals surface area contributed by atoms with Gasteiger partial charge in [0, 0.05) is 6.42 Å². The molecule has 1 aliphatic carbocycles. The van der Waals surface area contributed by atoms with Gasteiger partial charge in [0.15, 0.2) is 11.0 Å². The van der Waals surface area contributed by atoms with Crippen LogP contribution in [0, 0.1) is 22.7 Å². The average Bonchev–Trinajstić information content (AvgIpc) is 2.58. The minimum absolute atomic E-state index is 0.0848. The number of hydrogen-bond donors (Lipinski definition) is 1. The molecule has 0 aromatic heterocycles. The number of carbonyl (C=O) groups is 1. The molecule has 0 radical (unpaired) electrons. The number of ether oxygens (including phenoxy) is 2. The van der Waals surface area contributed by atoms with Gasteiger partial charge in [0.2, 0.25) is 0 Å². The number of rotatable bonds is 7. The summed E-state index contributed by atoms with van der Waals surface area (Å²) in [5.41, 5.74) is -2.92. The molecule has 0 aliphatic heterocycles. The van der Waals surface area contributed by atoms with Crippen LogP contribution in [0.15, 0.2) is 53.8 Å². The summed E-state index contributed by atoms with van der Waals surface area (Å²) in [6.45, 7) is 1.73. The fourth-order valence-electron chi connectivity index (χ4n) is 3.23. The van der Waals surface area contributed by atoms with Gasteiger partial charge in [-0.25, -0.2) is 0 Å². The van der Waals surface area contributed by atoms with Crippen molar-refractivity contribution in [2.45, 2.75) is 39.4 Å². The number of allylic oxidation sites excluding steroid dienone is 2. The molecule has 1 aromatic carbocycles. The van der Waals surface area contributed by atoms with Gasteiger partial charge in [-0.1, -0.05) is 38.1 Å². The molecule has 0 saturated carbocycles. The molecule has 0 heterocycles. The summed E-state index contributed by atoms with van der Waals surface area (Å²) in [6.07, 6.45) is 2.54. The third kappa shape index (κ3) is 3.95. The highest BCUT2D eigenvalue weighted by atomic mass is 19.3. The van der Waals surface area contributed by atoms with Crippen molar-refractivity contribution in [3.63, 3.8) is 0 Å². The first-order valence-electron chi connectivity index (χ1n) is 8.41. The average molecular weight is 377 g/mol. The van der Waals surface area contributed by atoms with Crippen molar-refractivity contribution in [3.8, 4) is 11.8 Å². The van der Waals surface area contributed by atoms with Crippen LogP contribution < -0.4 is 4.74 Å². The fourth-order valence-corrected chi connectivity index (χ4v) is 3.23. The Morgan fingerprint density at radius 2 is 1.93 bits per heavy atom. The van der Waals surface area contributed by atoms with E-state index in [1.807, 2.05) is 6.07 Å². The molecule has 2 rings (SSSR count). The quantitative estimate of drug-likeness (QED) is 0.755. The van der Waals surface area contributed by atoms with Crippen LogP contribution in [0.1, 0.15) is 27.2 Å². The van der Waals surface area contributed by atoms with E-state index < -0.39 is 29.5 Å². The summed E-state index contributed by atoms with van der Waals surface area (Å²) in [5, 5.41) is 19.4. The topological polar surface area (TPSA) is 79.6 Å². The van der Waals surface area contributed by atoms with Gasteiger partial charge in [0.25, 0.3) is 0 Å². The van der Waals surface area contributed by atoms with Gasteiger partial charge in [0.1, 0.15) is 11.5 Å². The van der Waals surface area contributed by atoms with Crippen LogP contribution >= 0.6 is 0 Å². The second kappa shape index (κ2) is 7.78. The van der Waals surface area contributed by atoms with E-state index >= 15 is 0 Å². The molecule has 0 amide bonds. The van der Waals surface area contributed by atoms with Gasteiger partial charge in [-0.3, -0.25) is 4.79 Å². The normalized spacial score (nSPS) is 21.7. The van der Waals surface area contributed by atoms with Crippen molar-refractivity contribution in [1.29, 1.82) is 5.26 Å². The third-order valence-corrected chi connectivity index (χ3v) is 4.67. The number of carboxylic acid groups (broad SMARTS) is 1. The molecule has 1 N–H and O–H groups in total. The number of benzene rings is 1. The van der Waals surface area contributed by atoms with E-state index in [1.54, 1.807) is 44.2 Å². The van der Waals surface area contributed by atoms with E-state index in [9.17, 15) is 23.9 Å². The Bertz CT molecular complexity index is 798. The maximum absolute atomic E-state index is 12.9. The Kier molecular flexibility index (Phi) is 5.89. The van der Waals surface area contributed by atoms with E-state index in [-0.39, 0.29) is 17.8 Å². The van der Waals surface area contributed by atoms with E-state index in [1.165, 1.54) is 19.1 Å². The highest BCUT2D eigenvalue weighted by molar-refractivity contribution is 5.83. The number of halogens is 2. The minimum atomic E-state index is -3.06. The molecule has 27 heavy (non-hydrogen) atoms. The lowest BCUT2D eigenvalue weighted by atomic mass is 9.67. The first-order valence-corrected chi connectivity index (χ1v) is 8.41. The Morgan fingerprint density at radius 3 is 2.41 bits per heavy atom. The number of carboxylic acids is 1. The smallest absolute Gasteiger partial charge is 0.387 e. The van der Waals surface area contributed by atoms with Crippen LogP contribution in [0.2, 0.25) is 0 Å². The molecule has 0 fully saturated rings. The molecule has 7 heteroatoms. The molecule has 0 saturated heterocycles. The van der Waals surface area contributed by atoms with Crippen LogP contribution in [0.5, 0.6) is 5.75 Å². The van der Waals surface area contributed by atoms with Gasteiger partial charge >= 0.3 is 12.6 Å². The van der Waals surface area contributed by atoms with Crippen molar-refractivity contribution >= 4 is 5.97 Å². The molecule has 2 atom stereocenters. The number of nitriles is 1. The van der Waals surface area contributed by atoms with Crippen LogP contribution in [0.3, 0.4) is 0 Å². The number of aliphatic carboxylic acids is 1. The van der Waals surface area contributed by atoms with Gasteiger partial charge in [-0.15, -0.1) is 0 Å². The molecule has 1 aromatic rings. The second-order valence-electron chi connectivity index (χ2n) is 6.80. The zero-order valence-electron chi connectivity index (χ0n) is 15.3. The number of hydrogen-bond acceptors (Lipinski definition) is 4. The Hall–Kier alpha value is -2.88. The van der Waals surface area contributed by atoms with E-state index in [2.05, 4.69) is 4.74 Å². The summed E-state index contributed by atoms with van der Waals surface area (Å²) >= 11 is 0. The van der Waals surface area contributed by atoms with Crippen molar-refractivity contribution in [2.24, 2.45) is 11.3 Å². The zero-order chi connectivity index (χ0) is 20.2. The number of alkyl halides is 2. The molecule has 0 bridgehead atoms. The molecule has 2 unspecified atom stereocenters. The van der Waals surface area contributed by atoms with Crippen LogP contribution in [0.25, 0.3) is 0 Å². The highest BCUT2D eigenvalue weighted by Gasteiger charge is 2.50. The van der Waals surface area contributed by atoms with E-state index in [0.717, 1.165) is 0 Å². The van der Waals surface area contributed by atoms with Crippen LogP contribution in [0.4, 0.5) is 8.78 Å². The predicted molar refractivity (Wildman–Crippen MR) is 93.9 cm³/mol. The fraction of sp³-hybridized carbons (Fsp3) is 0.400. The third-order valence-electron chi connectivity index (χ3n) is 4.67. The first-order chi connectivity index (χ1) is 12.7. The summed E-state index contributed by atoms with van der Waals surface area (Å²) in [7, 11) is 0. The van der Waals surface area contributed by atoms with Gasteiger partial charge in [-0.2, -0.15) is 14.0 Å². The lowest BCUT2D eigenvalue weighted by Gasteiger charge is -2.39. The van der Waals surface area contributed by atoms with Crippen molar-refractivity contribution in [1.82, 2.24) is 0 Å². The molecular weight excluding hydrogens is 356 g/mol. The summed E-state index contributed by atoms with van der Waals surface area (Å²) in [5.74, 6) is -1.56. The van der Waals surface area contributed by atoms with E-state index in [0.29, 0.717) is 5.75 Å². The molecular formula is C20H21F2NO4. The largest absolute Gasteiger partial charge is 0.480 e. The number of nitrogens with zero attached hydrogens (tertiary/aromatic N) is 1. The lowest BCUT2D eigenvalue weighted by Crippen LogP contribution is -2.45. The SMILES string of the molecule is CC(C)C(C#N)(C(=O)O)C1=CC=C(OC(F)F)C(C)(Oc2ccccc2)C1. The summed E-state index contributed by atoms with van der Waals surface area (Å²) in [6, 6.07) is 10.4. The second-order valence-corrected chi connectivity index (χ2v) is 6.80. The van der Waals surface area contributed by atoms with Gasteiger partial charge in [0.05, 0.1) is 6.07 Å². The maximum atomic E-state index is 12.9. The van der Waals surface area contributed by atoms with Crippen molar-refractivity contribution < 1.29 is 28.2 Å². The molecule has 5 nitrogen and oxygen atoms in total. The monoisotopic (exact) mass is 377 g/mol. The molecule has 1 aliphatic rings. The van der Waals surface area contributed by atoms with Gasteiger partial charge < -0.3 is 14.6 Å². The van der Waals surface area contributed by atoms with Gasteiger partial charge in [-0.05, 0) is 36.6 Å². The molecule has 0 spiro atoms. The Morgan fingerprint density at radius 1 is 1.30 bits per heavy atom. The zero-order valence-corrected chi connectivity index (χ0v) is 15.3. The molecule has 144 valence electrons.